The lowest BCUT2D eigenvalue weighted by Crippen LogP contribution is -2.36. The molecule has 0 aliphatic carbocycles. The number of carbonyl (C=O) groups excluding carboxylic acids is 3. The molecule has 0 spiro atoms. The second-order valence-corrected chi connectivity index (χ2v) is 9.60. The van der Waals surface area contributed by atoms with Crippen LogP contribution >= 0.6 is 11.6 Å². The van der Waals surface area contributed by atoms with E-state index in [0.29, 0.717) is 36.4 Å². The Morgan fingerprint density at radius 3 is 2.50 bits per heavy atom. The van der Waals surface area contributed by atoms with Crippen molar-refractivity contribution in [2.75, 3.05) is 39.3 Å². The second-order valence-electron chi connectivity index (χ2n) is 9.16. The second kappa shape index (κ2) is 9.86. The van der Waals surface area contributed by atoms with Crippen molar-refractivity contribution >= 4 is 29.3 Å². The molecule has 2 fully saturated rings. The number of benzene rings is 2. The summed E-state index contributed by atoms with van der Waals surface area (Å²) in [6.45, 7) is 4.69. The van der Waals surface area contributed by atoms with E-state index in [2.05, 4.69) is 4.90 Å². The van der Waals surface area contributed by atoms with Crippen molar-refractivity contribution in [1.29, 1.82) is 0 Å². The maximum atomic E-state index is 13.3. The monoisotopic (exact) mass is 481 g/mol. The fourth-order valence-electron chi connectivity index (χ4n) is 4.94. The third-order valence-electron chi connectivity index (χ3n) is 6.82. The van der Waals surface area contributed by atoms with E-state index in [-0.39, 0.29) is 30.4 Å². The zero-order chi connectivity index (χ0) is 23.7. The van der Waals surface area contributed by atoms with E-state index in [1.54, 1.807) is 18.2 Å². The number of carbonyl (C=O) groups is 3. The number of imide groups is 1. The number of halogens is 1. The van der Waals surface area contributed by atoms with E-state index in [0.717, 1.165) is 43.9 Å². The number of ether oxygens (including phenoxy) is 1. The average Bonchev–Trinajstić information content (AvgIpc) is 3.36. The summed E-state index contributed by atoms with van der Waals surface area (Å²) >= 11 is 5.99. The van der Waals surface area contributed by atoms with E-state index in [1.807, 2.05) is 29.2 Å². The van der Waals surface area contributed by atoms with Crippen molar-refractivity contribution in [2.24, 2.45) is 0 Å². The van der Waals surface area contributed by atoms with E-state index >= 15 is 0 Å². The molecule has 3 heterocycles. The number of fused-ring (bicyclic) bond motifs is 1. The highest BCUT2D eigenvalue weighted by atomic mass is 35.5. The average molecular weight is 482 g/mol. The zero-order valence-electron chi connectivity index (χ0n) is 19.0. The van der Waals surface area contributed by atoms with Crippen LogP contribution in [-0.2, 0) is 11.3 Å². The first kappa shape index (κ1) is 23.0. The molecule has 0 radical (unpaired) electrons. The van der Waals surface area contributed by atoms with E-state index in [1.165, 1.54) is 10.5 Å². The van der Waals surface area contributed by atoms with Crippen LogP contribution in [0.1, 0.15) is 55.9 Å². The molecule has 1 unspecified atom stereocenters. The van der Waals surface area contributed by atoms with Gasteiger partial charge in [0.05, 0.1) is 23.8 Å². The van der Waals surface area contributed by atoms with Gasteiger partial charge in [-0.1, -0.05) is 23.7 Å². The summed E-state index contributed by atoms with van der Waals surface area (Å²) in [5.74, 6) is -0.744. The van der Waals surface area contributed by atoms with Crippen LogP contribution in [0.3, 0.4) is 0 Å². The molecule has 0 N–H and O–H groups in total. The Balaban J connectivity index is 1.24. The van der Waals surface area contributed by atoms with Gasteiger partial charge < -0.3 is 9.64 Å². The predicted molar refractivity (Wildman–Crippen MR) is 128 cm³/mol. The van der Waals surface area contributed by atoms with Crippen LogP contribution < -0.4 is 0 Å². The molecule has 2 aromatic rings. The first-order valence-electron chi connectivity index (χ1n) is 11.9. The highest BCUT2D eigenvalue weighted by Gasteiger charge is 2.38. The molecule has 3 aliphatic rings. The lowest BCUT2D eigenvalue weighted by molar-refractivity contribution is 0.0475. The molecular weight excluding hydrogens is 454 g/mol. The largest absolute Gasteiger partial charge is 0.376 e. The highest BCUT2D eigenvalue weighted by molar-refractivity contribution is 6.30. The number of hydrogen-bond donors (Lipinski definition) is 0. The Kier molecular flexibility index (Phi) is 6.68. The minimum absolute atomic E-state index is 0.101. The van der Waals surface area contributed by atoms with Gasteiger partial charge >= 0.3 is 0 Å². The summed E-state index contributed by atoms with van der Waals surface area (Å²) in [6, 6.07) is 12.7. The van der Waals surface area contributed by atoms with Gasteiger partial charge in [0, 0.05) is 49.9 Å². The van der Waals surface area contributed by atoms with Crippen LogP contribution in [0.4, 0.5) is 0 Å². The summed E-state index contributed by atoms with van der Waals surface area (Å²) in [5.41, 5.74) is 2.32. The van der Waals surface area contributed by atoms with Gasteiger partial charge in [0.2, 0.25) is 0 Å². The lowest BCUT2D eigenvalue weighted by Gasteiger charge is -2.22. The molecule has 1 atom stereocenters. The molecule has 2 saturated heterocycles. The Bertz CT molecular complexity index is 1100. The van der Waals surface area contributed by atoms with Gasteiger partial charge in [-0.15, -0.1) is 0 Å². The van der Waals surface area contributed by atoms with Gasteiger partial charge in [0.1, 0.15) is 0 Å². The van der Waals surface area contributed by atoms with Gasteiger partial charge in [-0.25, -0.2) is 0 Å². The molecule has 5 rings (SSSR count). The van der Waals surface area contributed by atoms with Crippen LogP contribution in [0.2, 0.25) is 5.02 Å². The smallest absolute Gasteiger partial charge is 0.261 e. The molecule has 178 valence electrons. The summed E-state index contributed by atoms with van der Waals surface area (Å²) in [5, 5.41) is 0.723. The number of nitrogens with zero attached hydrogens (tertiary/aromatic N) is 3. The lowest BCUT2D eigenvalue weighted by atomic mass is 10.0. The molecule has 3 amide bonds. The summed E-state index contributed by atoms with van der Waals surface area (Å²) in [4.78, 5) is 44.4. The van der Waals surface area contributed by atoms with Crippen molar-refractivity contribution in [2.45, 2.75) is 31.9 Å². The van der Waals surface area contributed by atoms with Crippen LogP contribution in [0.5, 0.6) is 0 Å². The van der Waals surface area contributed by atoms with Gasteiger partial charge in [-0.05, 0) is 55.2 Å². The van der Waals surface area contributed by atoms with E-state index in [4.69, 9.17) is 16.3 Å². The fourth-order valence-corrected chi connectivity index (χ4v) is 5.07. The Labute approximate surface area is 204 Å². The van der Waals surface area contributed by atoms with Gasteiger partial charge in [0.15, 0.2) is 0 Å². The maximum Gasteiger partial charge on any atom is 0.261 e. The molecule has 7 nitrogen and oxygen atoms in total. The number of rotatable bonds is 5. The quantitative estimate of drug-likeness (QED) is 0.612. The minimum Gasteiger partial charge on any atom is -0.376 e. The van der Waals surface area contributed by atoms with Crippen molar-refractivity contribution < 1.29 is 19.1 Å². The van der Waals surface area contributed by atoms with E-state index in [9.17, 15) is 14.4 Å². The summed E-state index contributed by atoms with van der Waals surface area (Å²) < 4.78 is 5.60. The maximum absolute atomic E-state index is 13.3. The first-order valence-corrected chi connectivity index (χ1v) is 12.3. The third kappa shape index (κ3) is 4.73. The van der Waals surface area contributed by atoms with Crippen molar-refractivity contribution in [3.05, 3.63) is 69.7 Å². The molecule has 0 bridgehead atoms. The van der Waals surface area contributed by atoms with Crippen molar-refractivity contribution in [1.82, 2.24) is 14.7 Å². The molecule has 3 aliphatic heterocycles. The molecule has 0 aromatic heterocycles. The fraction of sp³-hybridized carbons (Fsp3) is 0.423. The normalized spacial score (nSPS) is 21.1. The molecular formula is C26H28ClN3O4. The zero-order valence-corrected chi connectivity index (χ0v) is 19.8. The van der Waals surface area contributed by atoms with Crippen LogP contribution in [0.25, 0.3) is 0 Å². The Morgan fingerprint density at radius 2 is 1.74 bits per heavy atom. The van der Waals surface area contributed by atoms with Crippen molar-refractivity contribution in [3.63, 3.8) is 0 Å². The van der Waals surface area contributed by atoms with E-state index < -0.39 is 0 Å². The topological polar surface area (TPSA) is 70.2 Å². The van der Waals surface area contributed by atoms with Gasteiger partial charge in [-0.3, -0.25) is 24.2 Å². The first-order chi connectivity index (χ1) is 16.5. The molecule has 34 heavy (non-hydrogen) atoms. The molecule has 0 saturated carbocycles. The summed E-state index contributed by atoms with van der Waals surface area (Å²) in [7, 11) is 0. The van der Waals surface area contributed by atoms with Crippen LogP contribution in [-0.4, -0.2) is 77.9 Å². The Morgan fingerprint density at radius 1 is 0.941 bits per heavy atom. The van der Waals surface area contributed by atoms with Crippen molar-refractivity contribution in [3.8, 4) is 0 Å². The van der Waals surface area contributed by atoms with Gasteiger partial charge in [0.25, 0.3) is 17.7 Å². The number of amides is 3. The van der Waals surface area contributed by atoms with Crippen LogP contribution in [0, 0.1) is 0 Å². The SMILES string of the molecule is O=C(c1ccc2c(c1)C(=O)N(CC1CCCO1)C2=O)N1CCCN(Cc2ccc(Cl)cc2)CC1. The third-order valence-corrected chi connectivity index (χ3v) is 7.07. The Hall–Kier alpha value is -2.74. The molecule has 8 heteroatoms. The molecule has 2 aromatic carbocycles. The minimum atomic E-state index is -0.338. The number of hydrogen-bond acceptors (Lipinski definition) is 5. The van der Waals surface area contributed by atoms with Gasteiger partial charge in [-0.2, -0.15) is 0 Å². The highest BCUT2D eigenvalue weighted by Crippen LogP contribution is 2.27. The summed E-state index contributed by atoms with van der Waals surface area (Å²) in [6.07, 6.45) is 2.56. The predicted octanol–water partition coefficient (Wildman–Crippen LogP) is 3.46. The van der Waals surface area contributed by atoms with Crippen LogP contribution in [0.15, 0.2) is 42.5 Å². The standard InChI is InChI=1S/C26H28ClN3O4/c27-20-7-4-18(5-8-20)16-28-10-2-11-29(13-12-28)24(31)19-6-9-22-23(15-19)26(33)30(25(22)32)17-21-3-1-14-34-21/h4-9,15,21H,1-3,10-14,16-17H2.